The molecule has 0 bridgehead atoms. The molecule has 1 fully saturated rings. The lowest BCUT2D eigenvalue weighted by Crippen LogP contribution is -2.55. The first-order valence-electron chi connectivity index (χ1n) is 10.1. The zero-order valence-corrected chi connectivity index (χ0v) is 19.8. The van der Waals surface area contributed by atoms with Gasteiger partial charge in [-0.3, -0.25) is 14.5 Å². The molecule has 1 aliphatic carbocycles. The second kappa shape index (κ2) is 9.67. The third-order valence-electron chi connectivity index (χ3n) is 5.78. The first-order chi connectivity index (χ1) is 14.1. The Balaban J connectivity index is 0.00000256. The van der Waals surface area contributed by atoms with Crippen LogP contribution in [0.15, 0.2) is 29.5 Å². The largest absolute Gasteiger partial charge is 0.508 e. The Kier molecular flexibility index (Phi) is 7.22. The summed E-state index contributed by atoms with van der Waals surface area (Å²) in [6.07, 6.45) is 7.99. The number of aliphatic imine (C=N–C) groups is 1. The molecule has 162 valence electrons. The van der Waals surface area contributed by atoms with Gasteiger partial charge in [-0.1, -0.05) is 6.07 Å². The normalized spacial score (nSPS) is 16.9. The van der Waals surface area contributed by atoms with Crippen LogP contribution < -0.4 is 10.2 Å². The minimum atomic E-state index is 0. The maximum Gasteiger partial charge on any atom is 0.246 e. The zero-order valence-electron chi connectivity index (χ0n) is 17.5. The van der Waals surface area contributed by atoms with Crippen LogP contribution in [-0.4, -0.2) is 58.3 Å². The predicted molar refractivity (Wildman–Crippen MR) is 127 cm³/mol. The van der Waals surface area contributed by atoms with Crippen LogP contribution in [0.3, 0.4) is 0 Å². The summed E-state index contributed by atoms with van der Waals surface area (Å²) in [5.41, 5.74) is 4.36. The molecule has 0 saturated carbocycles. The molecule has 9 heteroatoms. The SMILES string of the molecule is CN=C(NCc1c(O)ccc2c1CCCC2)N1CCN(c2cnn(C)c2)C(=O)C1.I. The topological polar surface area (TPSA) is 86.0 Å². The maximum absolute atomic E-state index is 12.7. The summed E-state index contributed by atoms with van der Waals surface area (Å²) in [5, 5.41) is 17.9. The number of fused-ring (bicyclic) bond motifs is 1. The standard InChI is InChI=1S/C21H28N6O2.HI/c1-22-21(23-12-18-17-6-4-3-5-15(17)7-8-19(18)28)26-9-10-27(20(29)14-26)16-11-24-25(2)13-16;/h7-8,11,13,28H,3-6,9-10,12,14H2,1-2H3,(H,22,23);1H. The third-order valence-corrected chi connectivity index (χ3v) is 5.78. The number of guanidine groups is 1. The Morgan fingerprint density at radius 3 is 2.77 bits per heavy atom. The van der Waals surface area contributed by atoms with E-state index in [4.69, 9.17) is 0 Å². The molecule has 2 N–H and O–H groups in total. The van der Waals surface area contributed by atoms with Gasteiger partial charge in [-0.05, 0) is 42.9 Å². The average Bonchev–Trinajstić information content (AvgIpc) is 3.16. The lowest BCUT2D eigenvalue weighted by Gasteiger charge is -2.35. The Labute approximate surface area is 194 Å². The van der Waals surface area contributed by atoms with Gasteiger partial charge in [0.15, 0.2) is 5.96 Å². The first-order valence-corrected chi connectivity index (χ1v) is 10.1. The number of anilines is 1. The molecule has 1 aromatic carbocycles. The van der Waals surface area contributed by atoms with Crippen LogP contribution in [0.4, 0.5) is 5.69 Å². The van der Waals surface area contributed by atoms with Crippen LogP contribution >= 0.6 is 24.0 Å². The van der Waals surface area contributed by atoms with Crippen LogP contribution in [0.2, 0.25) is 0 Å². The third kappa shape index (κ3) is 4.55. The number of carbonyl (C=O) groups is 1. The Morgan fingerprint density at radius 2 is 2.07 bits per heavy atom. The Morgan fingerprint density at radius 1 is 1.27 bits per heavy atom. The summed E-state index contributed by atoms with van der Waals surface area (Å²) < 4.78 is 1.70. The van der Waals surface area contributed by atoms with Gasteiger partial charge in [0.05, 0.1) is 11.9 Å². The summed E-state index contributed by atoms with van der Waals surface area (Å²) in [5.74, 6) is 1.02. The summed E-state index contributed by atoms with van der Waals surface area (Å²) in [4.78, 5) is 20.8. The summed E-state index contributed by atoms with van der Waals surface area (Å²) in [7, 11) is 3.56. The van der Waals surface area contributed by atoms with E-state index in [0.29, 0.717) is 31.3 Å². The van der Waals surface area contributed by atoms with Gasteiger partial charge in [0, 0.05) is 45.5 Å². The highest BCUT2D eigenvalue weighted by Gasteiger charge is 2.28. The second-order valence-electron chi connectivity index (χ2n) is 7.65. The van der Waals surface area contributed by atoms with Crippen LogP contribution in [0.25, 0.3) is 0 Å². The fourth-order valence-electron chi connectivity index (χ4n) is 4.26. The number of phenolic OH excluding ortho intramolecular Hbond substituents is 1. The molecule has 1 amide bonds. The lowest BCUT2D eigenvalue weighted by atomic mass is 9.88. The van der Waals surface area contributed by atoms with Gasteiger partial charge in [0.25, 0.3) is 0 Å². The number of nitrogens with one attached hydrogen (secondary N) is 1. The average molecular weight is 524 g/mol. The van der Waals surface area contributed by atoms with Crippen LogP contribution in [0.5, 0.6) is 5.75 Å². The number of aromatic nitrogens is 2. The molecule has 0 spiro atoms. The number of piperazine rings is 1. The van der Waals surface area contributed by atoms with Gasteiger partial charge in [-0.25, -0.2) is 0 Å². The molecular formula is C21H29IN6O2. The number of aromatic hydroxyl groups is 1. The van der Waals surface area contributed by atoms with E-state index in [9.17, 15) is 9.90 Å². The molecular weight excluding hydrogens is 495 g/mol. The number of phenols is 1. The predicted octanol–water partition coefficient (Wildman–Crippen LogP) is 2.05. The summed E-state index contributed by atoms with van der Waals surface area (Å²) >= 11 is 0. The van der Waals surface area contributed by atoms with Gasteiger partial charge in [0.1, 0.15) is 12.3 Å². The van der Waals surface area contributed by atoms with Crippen molar-refractivity contribution in [1.29, 1.82) is 0 Å². The number of halogens is 1. The minimum absolute atomic E-state index is 0. The molecule has 2 heterocycles. The lowest BCUT2D eigenvalue weighted by molar-refractivity contribution is -0.120. The Hall–Kier alpha value is -2.30. The van der Waals surface area contributed by atoms with Crippen molar-refractivity contribution in [2.75, 3.05) is 31.6 Å². The summed E-state index contributed by atoms with van der Waals surface area (Å²) in [6.45, 7) is 2.02. The van der Waals surface area contributed by atoms with Crippen molar-refractivity contribution in [1.82, 2.24) is 20.0 Å². The number of hydrogen-bond donors (Lipinski definition) is 2. The highest BCUT2D eigenvalue weighted by atomic mass is 127. The number of rotatable bonds is 3. The van der Waals surface area contributed by atoms with E-state index in [1.807, 2.05) is 24.2 Å². The van der Waals surface area contributed by atoms with Crippen LogP contribution in [-0.2, 0) is 31.2 Å². The van der Waals surface area contributed by atoms with Gasteiger partial charge < -0.3 is 20.2 Å². The molecule has 2 aliphatic rings. The van der Waals surface area contributed by atoms with E-state index in [0.717, 1.165) is 30.5 Å². The van der Waals surface area contributed by atoms with Gasteiger partial charge in [-0.2, -0.15) is 5.10 Å². The second-order valence-corrected chi connectivity index (χ2v) is 7.65. The van der Waals surface area contributed by atoms with E-state index in [2.05, 4.69) is 15.4 Å². The molecule has 0 unspecified atom stereocenters. The molecule has 30 heavy (non-hydrogen) atoms. The highest BCUT2D eigenvalue weighted by molar-refractivity contribution is 14.0. The Bertz CT molecular complexity index is 942. The number of amides is 1. The van der Waals surface area contributed by atoms with Crippen molar-refractivity contribution in [2.45, 2.75) is 32.2 Å². The highest BCUT2D eigenvalue weighted by Crippen LogP contribution is 2.30. The molecule has 1 aromatic heterocycles. The monoisotopic (exact) mass is 524 g/mol. The van der Waals surface area contributed by atoms with E-state index in [1.54, 1.807) is 28.9 Å². The van der Waals surface area contributed by atoms with Crippen molar-refractivity contribution in [2.24, 2.45) is 12.0 Å². The minimum Gasteiger partial charge on any atom is -0.508 e. The van der Waals surface area contributed by atoms with E-state index < -0.39 is 0 Å². The van der Waals surface area contributed by atoms with Crippen molar-refractivity contribution in [3.63, 3.8) is 0 Å². The van der Waals surface area contributed by atoms with Crippen LogP contribution in [0, 0.1) is 0 Å². The maximum atomic E-state index is 12.7. The quantitative estimate of drug-likeness (QED) is 0.365. The molecule has 0 atom stereocenters. The van der Waals surface area contributed by atoms with Gasteiger partial charge in [0.2, 0.25) is 5.91 Å². The van der Waals surface area contributed by atoms with Gasteiger partial charge >= 0.3 is 0 Å². The molecule has 2 aromatic rings. The fourth-order valence-corrected chi connectivity index (χ4v) is 4.26. The summed E-state index contributed by atoms with van der Waals surface area (Å²) in [6, 6.07) is 3.83. The van der Waals surface area contributed by atoms with Gasteiger partial charge in [-0.15, -0.1) is 24.0 Å². The molecule has 1 saturated heterocycles. The number of nitrogens with zero attached hydrogens (tertiary/aromatic N) is 5. The number of aryl methyl sites for hydroxylation is 2. The van der Waals surface area contributed by atoms with Crippen molar-refractivity contribution < 1.29 is 9.90 Å². The molecule has 4 rings (SSSR count). The van der Waals surface area contributed by atoms with Crippen molar-refractivity contribution in [3.8, 4) is 5.75 Å². The fraction of sp³-hybridized carbons (Fsp3) is 0.476. The molecule has 1 aliphatic heterocycles. The number of carbonyl (C=O) groups excluding carboxylic acids is 1. The van der Waals surface area contributed by atoms with E-state index in [-0.39, 0.29) is 36.4 Å². The first kappa shape index (κ1) is 22.4. The molecule has 0 radical (unpaired) electrons. The number of benzene rings is 1. The van der Waals surface area contributed by atoms with Crippen molar-refractivity contribution >= 4 is 41.5 Å². The van der Waals surface area contributed by atoms with E-state index >= 15 is 0 Å². The zero-order chi connectivity index (χ0) is 20.4. The van der Waals surface area contributed by atoms with E-state index in [1.165, 1.54) is 17.5 Å². The van der Waals surface area contributed by atoms with Crippen LogP contribution in [0.1, 0.15) is 29.5 Å². The van der Waals surface area contributed by atoms with Crippen molar-refractivity contribution in [3.05, 3.63) is 41.2 Å². The number of hydrogen-bond acceptors (Lipinski definition) is 4. The molecule has 8 nitrogen and oxygen atoms in total. The smallest absolute Gasteiger partial charge is 0.246 e.